The molecular formula is C6H12CuFeN2S4+. The summed E-state index contributed by atoms with van der Waals surface area (Å²) in [5.74, 6) is 0. The molecule has 0 aromatic carbocycles. The topological polar surface area (TPSA) is 6.48 Å². The van der Waals surface area contributed by atoms with Crippen molar-refractivity contribution in [2.24, 2.45) is 0 Å². The molecule has 0 saturated heterocycles. The maximum Gasteiger partial charge on any atom is 2.00 e. The fourth-order valence-corrected chi connectivity index (χ4v) is 0. The molecule has 0 fully saturated rings. The smallest absolute Gasteiger partial charge is 0.411 e. The van der Waals surface area contributed by atoms with E-state index in [1.807, 2.05) is 28.2 Å². The number of hydrogen-bond acceptors (Lipinski definition) is 4. The Bertz CT molecular complexity index is 148. The Morgan fingerprint density at radius 3 is 0.929 bits per heavy atom. The molecule has 0 aliphatic heterocycles. The zero-order chi connectivity index (χ0) is 10.3. The molecule has 2 nitrogen and oxygen atoms in total. The van der Waals surface area contributed by atoms with E-state index in [9.17, 15) is 0 Å². The normalized spacial score (nSPS) is 6.57. The molecule has 0 aliphatic rings. The number of hydrogen-bond donors (Lipinski definition) is 0. The maximum absolute atomic E-state index is 4.56. The molecule has 0 spiro atoms. The van der Waals surface area contributed by atoms with Gasteiger partial charge in [-0.05, 0) is 0 Å². The first-order valence-corrected chi connectivity index (χ1v) is 4.69. The van der Waals surface area contributed by atoms with Crippen LogP contribution >= 0.6 is 24.4 Å². The molecule has 0 saturated carbocycles. The van der Waals surface area contributed by atoms with Gasteiger partial charge in [0.2, 0.25) is 0 Å². The van der Waals surface area contributed by atoms with E-state index in [1.54, 1.807) is 9.80 Å². The first-order chi connectivity index (χ1) is 5.29. The van der Waals surface area contributed by atoms with Gasteiger partial charge in [-0.3, -0.25) is 0 Å². The second kappa shape index (κ2) is 14.3. The summed E-state index contributed by atoms with van der Waals surface area (Å²) in [4.78, 5) is 3.43. The van der Waals surface area contributed by atoms with Crippen LogP contribution in [-0.4, -0.2) is 46.6 Å². The van der Waals surface area contributed by atoms with Crippen molar-refractivity contribution in [3.8, 4) is 0 Å². The van der Waals surface area contributed by atoms with Crippen molar-refractivity contribution in [3.05, 3.63) is 0 Å². The van der Waals surface area contributed by atoms with Crippen LogP contribution in [0.3, 0.4) is 0 Å². The van der Waals surface area contributed by atoms with E-state index in [0.717, 1.165) is 0 Å². The van der Waals surface area contributed by atoms with Crippen molar-refractivity contribution >= 4 is 58.3 Å². The molecule has 0 aromatic heterocycles. The van der Waals surface area contributed by atoms with E-state index in [4.69, 9.17) is 0 Å². The van der Waals surface area contributed by atoms with Crippen LogP contribution in [0.5, 0.6) is 0 Å². The first kappa shape index (κ1) is 24.5. The molecular weight excluding hydrogens is 348 g/mol. The van der Waals surface area contributed by atoms with Crippen LogP contribution in [0.2, 0.25) is 0 Å². The van der Waals surface area contributed by atoms with Gasteiger partial charge < -0.3 is 59.5 Å². The van der Waals surface area contributed by atoms with Crippen LogP contribution in [0.1, 0.15) is 0 Å². The second-order valence-electron chi connectivity index (χ2n) is 2.32. The molecule has 0 unspecified atom stereocenters. The summed E-state index contributed by atoms with van der Waals surface area (Å²) in [5, 5.41) is 0. The average molecular weight is 360 g/mol. The van der Waals surface area contributed by atoms with Crippen LogP contribution < -0.4 is 0 Å². The van der Waals surface area contributed by atoms with E-state index in [-0.39, 0.29) is 34.1 Å². The molecule has 8 heteroatoms. The van der Waals surface area contributed by atoms with Gasteiger partial charge in [-0.1, -0.05) is 8.64 Å². The predicted octanol–water partition coefficient (Wildman–Crippen LogP) is 0.755. The van der Waals surface area contributed by atoms with E-state index >= 15 is 0 Å². The quantitative estimate of drug-likeness (QED) is 0.355. The Morgan fingerprint density at radius 1 is 0.857 bits per heavy atom. The Labute approximate surface area is 129 Å². The standard InChI is InChI=1S/2C3H7NS2.Cu.Fe/c2*1-4(2)3(5)6;;/h2*1-2H3,(H,5,6);;/q;;+1;+2/p-2. The van der Waals surface area contributed by atoms with Crippen molar-refractivity contribution in [1.29, 1.82) is 0 Å². The fourth-order valence-electron chi connectivity index (χ4n) is 0. The van der Waals surface area contributed by atoms with E-state index < -0.39 is 0 Å². The van der Waals surface area contributed by atoms with Crippen LogP contribution in [0.4, 0.5) is 0 Å². The molecule has 0 rings (SSSR count). The molecule has 14 heavy (non-hydrogen) atoms. The third-order valence-corrected chi connectivity index (χ3v) is 2.19. The summed E-state index contributed by atoms with van der Waals surface area (Å²) in [5.41, 5.74) is 0. The Balaban J connectivity index is -0.0000000625. The summed E-state index contributed by atoms with van der Waals surface area (Å²) in [7, 11) is 7.31. The van der Waals surface area contributed by atoms with Gasteiger partial charge in [0.05, 0.1) is 0 Å². The maximum atomic E-state index is 4.56. The van der Waals surface area contributed by atoms with Gasteiger partial charge in [0, 0.05) is 28.2 Å². The van der Waals surface area contributed by atoms with Gasteiger partial charge in [-0.15, -0.1) is 0 Å². The Hall–Kier alpha value is 1.26. The minimum atomic E-state index is 0. The summed E-state index contributed by atoms with van der Waals surface area (Å²) >= 11 is 18.2. The molecule has 0 atom stereocenters. The monoisotopic (exact) mass is 359 g/mol. The Morgan fingerprint density at radius 2 is 0.929 bits per heavy atom. The van der Waals surface area contributed by atoms with Crippen molar-refractivity contribution in [2.45, 2.75) is 0 Å². The van der Waals surface area contributed by atoms with Crippen LogP contribution in [0.15, 0.2) is 0 Å². The summed E-state index contributed by atoms with van der Waals surface area (Å²) in [6.07, 6.45) is 0. The molecule has 0 bridgehead atoms. The molecule has 0 heterocycles. The SMILES string of the molecule is CN(C)C(=S)[S-].CN(C)C(=S)[S-].[Cu+].[Fe+2]. The third-order valence-electron chi connectivity index (χ3n) is 0.730. The first-order valence-electron chi connectivity index (χ1n) is 3.05. The van der Waals surface area contributed by atoms with Gasteiger partial charge in [0.1, 0.15) is 0 Å². The molecule has 88 valence electrons. The van der Waals surface area contributed by atoms with Crippen molar-refractivity contribution in [1.82, 2.24) is 9.80 Å². The minimum absolute atomic E-state index is 0. The third kappa shape index (κ3) is 23.2. The molecule has 0 radical (unpaired) electrons. The number of thiocarbonyl (C=S) groups is 2. The van der Waals surface area contributed by atoms with Gasteiger partial charge in [0.15, 0.2) is 0 Å². The molecule has 0 N–H and O–H groups in total. The van der Waals surface area contributed by atoms with Gasteiger partial charge in [0.25, 0.3) is 0 Å². The zero-order valence-corrected chi connectivity index (χ0v) is 13.5. The van der Waals surface area contributed by atoms with Crippen molar-refractivity contribution in [2.75, 3.05) is 28.2 Å². The van der Waals surface area contributed by atoms with E-state index in [2.05, 4.69) is 49.7 Å². The van der Waals surface area contributed by atoms with E-state index in [1.165, 1.54) is 0 Å². The predicted molar refractivity (Wildman–Crippen MR) is 67.3 cm³/mol. The zero-order valence-electron chi connectivity index (χ0n) is 8.18. The largest absolute Gasteiger partial charge is 2.00 e. The summed E-state index contributed by atoms with van der Waals surface area (Å²) in [6.45, 7) is 0. The van der Waals surface area contributed by atoms with Crippen molar-refractivity contribution in [3.63, 3.8) is 0 Å². The van der Waals surface area contributed by atoms with E-state index in [0.29, 0.717) is 8.64 Å². The summed E-state index contributed by atoms with van der Waals surface area (Å²) < 4.78 is 1.02. The molecule has 0 aromatic rings. The van der Waals surface area contributed by atoms with Gasteiger partial charge in [-0.2, -0.15) is 0 Å². The Kier molecular flexibility index (Phi) is 24.9. The van der Waals surface area contributed by atoms with Gasteiger partial charge >= 0.3 is 34.1 Å². The van der Waals surface area contributed by atoms with Gasteiger partial charge in [-0.25, -0.2) is 0 Å². The second-order valence-corrected chi connectivity index (χ2v) is 4.38. The number of nitrogens with zero attached hydrogens (tertiary/aromatic N) is 2. The fraction of sp³-hybridized carbons (Fsp3) is 0.667. The average Bonchev–Trinajstić information content (AvgIpc) is 1.88. The van der Waals surface area contributed by atoms with Crippen LogP contribution in [0.25, 0.3) is 0 Å². The van der Waals surface area contributed by atoms with Crippen LogP contribution in [-0.2, 0) is 59.4 Å². The molecule has 0 amide bonds. The molecule has 0 aliphatic carbocycles. The minimum Gasteiger partial charge on any atom is -0.411 e. The van der Waals surface area contributed by atoms with Crippen LogP contribution in [0, 0.1) is 0 Å². The summed E-state index contributed by atoms with van der Waals surface area (Å²) in [6, 6.07) is 0. The van der Waals surface area contributed by atoms with Crippen molar-refractivity contribution < 1.29 is 34.1 Å². The number of rotatable bonds is 0.